The summed E-state index contributed by atoms with van der Waals surface area (Å²) in [6.07, 6.45) is 8.54. The molecule has 4 rings (SSSR count). The first kappa shape index (κ1) is 13.4. The molecule has 0 aromatic carbocycles. The number of carbonyl (C=O) groups is 1. The fourth-order valence-corrected chi connectivity index (χ4v) is 4.66. The van der Waals surface area contributed by atoms with Crippen LogP contribution in [0.25, 0.3) is 0 Å². The highest BCUT2D eigenvalue weighted by atomic mass is 32.1. The maximum Gasteiger partial charge on any atom is 0.268 e. The topological polar surface area (TPSA) is 71.2 Å². The van der Waals surface area contributed by atoms with E-state index in [1.165, 1.54) is 43.4 Å². The number of nitrogens with one attached hydrogen (secondary N) is 1. The SMILES string of the molecule is Nc1nc(NC2CC2)sc1C(=O)N1CCC2CCCCC21. The van der Waals surface area contributed by atoms with Crippen molar-refractivity contribution in [3.8, 4) is 0 Å². The van der Waals surface area contributed by atoms with Crippen LogP contribution in [-0.2, 0) is 0 Å². The molecule has 3 N–H and O–H groups in total. The standard InChI is InChI=1S/C15H22N4OS/c16-13-12(21-15(18-13)17-10-5-6-10)14(20)19-8-7-9-3-1-2-4-11(9)19/h9-11H,1-8,16H2,(H,17,18). The Hall–Kier alpha value is -1.30. The lowest BCUT2D eigenvalue weighted by atomic mass is 9.85. The summed E-state index contributed by atoms with van der Waals surface area (Å²) < 4.78 is 0. The van der Waals surface area contributed by atoms with Crippen molar-refractivity contribution in [2.75, 3.05) is 17.6 Å². The number of anilines is 2. The molecule has 2 unspecified atom stereocenters. The number of hydrogen-bond acceptors (Lipinski definition) is 5. The van der Waals surface area contributed by atoms with Gasteiger partial charge in [-0.15, -0.1) is 0 Å². The van der Waals surface area contributed by atoms with Crippen molar-refractivity contribution >= 4 is 28.2 Å². The summed E-state index contributed by atoms with van der Waals surface area (Å²) in [7, 11) is 0. The highest BCUT2D eigenvalue weighted by molar-refractivity contribution is 7.18. The predicted octanol–water partition coefficient (Wildman–Crippen LogP) is 2.70. The Balaban J connectivity index is 1.52. The number of nitrogen functional groups attached to an aromatic ring is 1. The van der Waals surface area contributed by atoms with Crippen LogP contribution in [0.5, 0.6) is 0 Å². The van der Waals surface area contributed by atoms with Gasteiger partial charge in [-0.05, 0) is 38.0 Å². The van der Waals surface area contributed by atoms with Crippen LogP contribution in [-0.4, -0.2) is 34.4 Å². The van der Waals surface area contributed by atoms with Crippen LogP contribution in [0.15, 0.2) is 0 Å². The van der Waals surface area contributed by atoms with Crippen LogP contribution < -0.4 is 11.1 Å². The molecule has 2 saturated carbocycles. The van der Waals surface area contributed by atoms with Gasteiger partial charge < -0.3 is 16.0 Å². The lowest BCUT2D eigenvalue weighted by molar-refractivity contribution is 0.0696. The molecule has 0 radical (unpaired) electrons. The summed E-state index contributed by atoms with van der Waals surface area (Å²) in [5.74, 6) is 1.21. The average Bonchev–Trinajstić information content (AvgIpc) is 3.07. The highest BCUT2D eigenvalue weighted by Gasteiger charge is 2.39. The van der Waals surface area contributed by atoms with Crippen LogP contribution in [0.4, 0.5) is 10.9 Å². The molecular weight excluding hydrogens is 284 g/mol. The van der Waals surface area contributed by atoms with Crippen molar-refractivity contribution in [1.29, 1.82) is 0 Å². The van der Waals surface area contributed by atoms with Gasteiger partial charge in [0.05, 0.1) is 0 Å². The van der Waals surface area contributed by atoms with E-state index in [-0.39, 0.29) is 5.91 Å². The lowest BCUT2D eigenvalue weighted by Crippen LogP contribution is -2.39. The number of nitrogens with two attached hydrogens (primary N) is 1. The summed E-state index contributed by atoms with van der Waals surface area (Å²) in [6.45, 7) is 0.886. The molecule has 114 valence electrons. The van der Waals surface area contributed by atoms with Crippen LogP contribution in [0.3, 0.4) is 0 Å². The lowest BCUT2D eigenvalue weighted by Gasteiger charge is -2.31. The van der Waals surface area contributed by atoms with Gasteiger partial charge in [0.2, 0.25) is 0 Å². The summed E-state index contributed by atoms with van der Waals surface area (Å²) in [5.41, 5.74) is 5.99. The second-order valence-corrected chi connectivity index (χ2v) is 7.55. The van der Waals surface area contributed by atoms with E-state index in [0.717, 1.165) is 24.5 Å². The fourth-order valence-electron chi connectivity index (χ4n) is 3.74. The van der Waals surface area contributed by atoms with Gasteiger partial charge in [0.25, 0.3) is 5.91 Å². The third-order valence-electron chi connectivity index (χ3n) is 5.02. The summed E-state index contributed by atoms with van der Waals surface area (Å²) in [5, 5.41) is 4.14. The van der Waals surface area contributed by atoms with E-state index < -0.39 is 0 Å². The van der Waals surface area contributed by atoms with E-state index in [2.05, 4.69) is 15.2 Å². The number of carbonyl (C=O) groups excluding carboxylic acids is 1. The molecule has 2 heterocycles. The highest BCUT2D eigenvalue weighted by Crippen LogP contribution is 2.38. The molecule has 3 aliphatic rings. The second-order valence-electron chi connectivity index (χ2n) is 6.55. The zero-order chi connectivity index (χ0) is 14.4. The number of thiazole rings is 1. The van der Waals surface area contributed by atoms with Gasteiger partial charge in [-0.1, -0.05) is 24.2 Å². The zero-order valence-corrected chi connectivity index (χ0v) is 13.0. The Bertz CT molecular complexity index is 554. The van der Waals surface area contributed by atoms with Gasteiger partial charge in [-0.3, -0.25) is 4.79 Å². The Morgan fingerprint density at radius 1 is 1.24 bits per heavy atom. The molecule has 6 heteroatoms. The van der Waals surface area contributed by atoms with Crippen LogP contribution in [0.2, 0.25) is 0 Å². The smallest absolute Gasteiger partial charge is 0.268 e. The maximum atomic E-state index is 12.8. The largest absolute Gasteiger partial charge is 0.382 e. The van der Waals surface area contributed by atoms with Gasteiger partial charge in [0, 0.05) is 18.6 Å². The Morgan fingerprint density at radius 2 is 2.05 bits per heavy atom. The molecule has 1 aromatic rings. The van der Waals surface area contributed by atoms with Gasteiger partial charge in [-0.25, -0.2) is 4.98 Å². The van der Waals surface area contributed by atoms with E-state index in [0.29, 0.717) is 28.7 Å². The Kier molecular flexibility index (Phi) is 3.28. The second kappa shape index (κ2) is 5.16. The monoisotopic (exact) mass is 306 g/mol. The van der Waals surface area contributed by atoms with Gasteiger partial charge in [0.1, 0.15) is 10.7 Å². The minimum absolute atomic E-state index is 0.100. The average molecular weight is 306 g/mol. The first-order valence-electron chi connectivity index (χ1n) is 8.06. The number of likely N-dealkylation sites (tertiary alicyclic amines) is 1. The predicted molar refractivity (Wildman–Crippen MR) is 84.6 cm³/mol. The molecule has 5 nitrogen and oxygen atoms in total. The minimum Gasteiger partial charge on any atom is -0.382 e. The normalized spacial score (nSPS) is 28.5. The molecule has 0 bridgehead atoms. The van der Waals surface area contributed by atoms with Crippen LogP contribution in [0, 0.1) is 5.92 Å². The Morgan fingerprint density at radius 3 is 2.86 bits per heavy atom. The number of hydrogen-bond donors (Lipinski definition) is 2. The number of fused-ring (bicyclic) bond motifs is 1. The number of rotatable bonds is 3. The third kappa shape index (κ3) is 2.50. The van der Waals surface area contributed by atoms with Crippen molar-refractivity contribution in [3.05, 3.63) is 4.88 Å². The number of amides is 1. The summed E-state index contributed by atoms with van der Waals surface area (Å²) in [6, 6.07) is 0.973. The van der Waals surface area contributed by atoms with Gasteiger partial charge in [-0.2, -0.15) is 0 Å². The van der Waals surface area contributed by atoms with E-state index in [4.69, 9.17) is 5.73 Å². The molecular formula is C15H22N4OS. The molecule has 1 amide bonds. The van der Waals surface area contributed by atoms with E-state index in [1.54, 1.807) is 0 Å². The molecule has 0 spiro atoms. The summed E-state index contributed by atoms with van der Waals surface area (Å²) in [4.78, 5) is 19.8. The molecule has 21 heavy (non-hydrogen) atoms. The molecule has 2 atom stereocenters. The summed E-state index contributed by atoms with van der Waals surface area (Å²) >= 11 is 1.42. The zero-order valence-electron chi connectivity index (χ0n) is 12.2. The van der Waals surface area contributed by atoms with Gasteiger partial charge >= 0.3 is 0 Å². The maximum absolute atomic E-state index is 12.8. The van der Waals surface area contributed by atoms with Gasteiger partial charge in [0.15, 0.2) is 5.13 Å². The van der Waals surface area contributed by atoms with Crippen LogP contribution in [0.1, 0.15) is 54.6 Å². The minimum atomic E-state index is 0.100. The molecule has 1 aliphatic heterocycles. The van der Waals surface area contributed by atoms with Crippen molar-refractivity contribution < 1.29 is 4.79 Å². The van der Waals surface area contributed by atoms with Crippen molar-refractivity contribution in [2.45, 2.75) is 57.0 Å². The van der Waals surface area contributed by atoms with E-state index in [9.17, 15) is 4.79 Å². The molecule has 3 fully saturated rings. The molecule has 1 aromatic heterocycles. The van der Waals surface area contributed by atoms with E-state index in [1.807, 2.05) is 0 Å². The molecule has 2 aliphatic carbocycles. The Labute approximate surface area is 128 Å². The molecule has 1 saturated heterocycles. The fraction of sp³-hybridized carbons (Fsp3) is 0.733. The van der Waals surface area contributed by atoms with Crippen LogP contribution >= 0.6 is 11.3 Å². The quantitative estimate of drug-likeness (QED) is 0.900. The van der Waals surface area contributed by atoms with Crippen molar-refractivity contribution in [3.63, 3.8) is 0 Å². The first-order valence-corrected chi connectivity index (χ1v) is 8.88. The van der Waals surface area contributed by atoms with Crippen molar-refractivity contribution in [1.82, 2.24) is 9.88 Å². The van der Waals surface area contributed by atoms with Crippen molar-refractivity contribution in [2.24, 2.45) is 5.92 Å². The third-order valence-corrected chi connectivity index (χ3v) is 6.01. The number of nitrogens with zero attached hydrogens (tertiary/aromatic N) is 2. The first-order chi connectivity index (χ1) is 10.2. The number of aromatic nitrogens is 1. The van der Waals surface area contributed by atoms with E-state index >= 15 is 0 Å².